The van der Waals surface area contributed by atoms with E-state index in [2.05, 4.69) is 41.5 Å². The third-order valence-corrected chi connectivity index (χ3v) is 18.5. The van der Waals surface area contributed by atoms with Gasteiger partial charge in [0.05, 0.1) is 26.4 Å². The molecule has 0 spiro atoms. The summed E-state index contributed by atoms with van der Waals surface area (Å²) in [7, 11) is -9.90. The molecule has 0 radical (unpaired) electrons. The van der Waals surface area contributed by atoms with Gasteiger partial charge in [0, 0.05) is 25.7 Å². The zero-order valence-corrected chi connectivity index (χ0v) is 59.5. The molecule has 3 unspecified atom stereocenters. The number of hydrogen-bond donors (Lipinski definition) is 3. The Morgan fingerprint density at radius 2 is 0.573 bits per heavy atom. The van der Waals surface area contributed by atoms with Crippen molar-refractivity contribution >= 4 is 39.5 Å². The molecule has 0 aromatic rings. The minimum atomic E-state index is -4.95. The molecule has 0 heterocycles. The summed E-state index contributed by atoms with van der Waals surface area (Å²) in [6.07, 6.45) is 47.1. The van der Waals surface area contributed by atoms with Gasteiger partial charge in [-0.3, -0.25) is 37.3 Å². The summed E-state index contributed by atoms with van der Waals surface area (Å²) in [6.45, 7) is 9.51. The second-order valence-corrected chi connectivity index (χ2v) is 28.9. The molecule has 0 aliphatic heterocycles. The van der Waals surface area contributed by atoms with Gasteiger partial charge in [0.2, 0.25) is 0 Å². The molecular formula is C70H136O17P2. The van der Waals surface area contributed by atoms with Crippen LogP contribution >= 0.6 is 15.6 Å². The normalized spacial score (nSPS) is 14.4. The second kappa shape index (κ2) is 62.2. The summed E-state index contributed by atoms with van der Waals surface area (Å²) in [6, 6.07) is 0. The first-order valence-electron chi connectivity index (χ1n) is 36.5. The highest BCUT2D eigenvalue weighted by molar-refractivity contribution is 7.47. The molecule has 0 aromatic heterocycles. The Balaban J connectivity index is 5.24. The third-order valence-electron chi connectivity index (χ3n) is 16.6. The molecule has 0 amide bonds. The maximum Gasteiger partial charge on any atom is 0.472 e. The van der Waals surface area contributed by atoms with Crippen LogP contribution in [0, 0.1) is 11.8 Å². The lowest BCUT2D eigenvalue weighted by molar-refractivity contribution is -0.161. The molecule has 0 saturated carbocycles. The van der Waals surface area contributed by atoms with Crippen molar-refractivity contribution in [1.29, 1.82) is 0 Å². The van der Waals surface area contributed by atoms with E-state index >= 15 is 0 Å². The minimum Gasteiger partial charge on any atom is -0.462 e. The highest BCUT2D eigenvalue weighted by Crippen LogP contribution is 2.45. The van der Waals surface area contributed by atoms with E-state index in [9.17, 15) is 43.2 Å². The largest absolute Gasteiger partial charge is 0.472 e. The molecule has 17 nitrogen and oxygen atoms in total. The minimum absolute atomic E-state index is 0.104. The smallest absolute Gasteiger partial charge is 0.462 e. The maximum atomic E-state index is 13.0. The van der Waals surface area contributed by atoms with Gasteiger partial charge in [-0.1, -0.05) is 305 Å². The number of phosphoric ester groups is 2. The SMILES string of the molecule is CCCCCCCCCCCCCCCCCC(=O)O[C@H](COC(=O)CCCCCCCCCCCCC(C)CC)COP(=O)(O)OC[C@@H](O)COP(=O)(O)OC[C@@H](COC(=O)CCCCCCCCCCCC)OC(=O)CCCCCCCCCC(C)C. The van der Waals surface area contributed by atoms with Crippen LogP contribution in [0.15, 0.2) is 0 Å². The van der Waals surface area contributed by atoms with E-state index in [1.807, 2.05) is 0 Å². The van der Waals surface area contributed by atoms with E-state index in [0.29, 0.717) is 31.6 Å². The van der Waals surface area contributed by atoms with Crippen LogP contribution in [0.25, 0.3) is 0 Å². The average Bonchev–Trinajstić information content (AvgIpc) is 3.53. The van der Waals surface area contributed by atoms with Gasteiger partial charge in [-0.15, -0.1) is 0 Å². The first kappa shape index (κ1) is 87.1. The second-order valence-electron chi connectivity index (χ2n) is 26.0. The lowest BCUT2D eigenvalue weighted by Gasteiger charge is -2.21. The Kier molecular flexibility index (Phi) is 60.8. The van der Waals surface area contributed by atoms with Crippen LogP contribution in [0.3, 0.4) is 0 Å². The fourth-order valence-corrected chi connectivity index (χ4v) is 12.1. The number of hydrogen-bond acceptors (Lipinski definition) is 15. The topological polar surface area (TPSA) is 237 Å². The number of rotatable bonds is 69. The van der Waals surface area contributed by atoms with Crippen LogP contribution in [0.4, 0.5) is 0 Å². The Bertz CT molecular complexity index is 1740. The molecule has 0 saturated heterocycles. The molecule has 19 heteroatoms. The van der Waals surface area contributed by atoms with Gasteiger partial charge in [0.25, 0.3) is 0 Å². The predicted octanol–water partition coefficient (Wildman–Crippen LogP) is 20.0. The number of aliphatic hydroxyl groups excluding tert-OH is 1. The molecular weight excluding hydrogens is 1170 g/mol. The summed E-state index contributed by atoms with van der Waals surface area (Å²) in [5, 5.41) is 10.6. The van der Waals surface area contributed by atoms with Gasteiger partial charge >= 0.3 is 39.5 Å². The Morgan fingerprint density at radius 1 is 0.326 bits per heavy atom. The zero-order chi connectivity index (χ0) is 65.7. The van der Waals surface area contributed by atoms with Gasteiger partial charge in [-0.2, -0.15) is 0 Å². The summed E-state index contributed by atoms with van der Waals surface area (Å²) in [4.78, 5) is 72.5. The van der Waals surface area contributed by atoms with Crippen molar-refractivity contribution in [3.8, 4) is 0 Å². The van der Waals surface area contributed by atoms with Crippen molar-refractivity contribution in [2.45, 2.75) is 374 Å². The Hall–Kier alpha value is -1.94. The number of phosphoric acid groups is 2. The molecule has 0 bridgehead atoms. The highest BCUT2D eigenvalue weighted by atomic mass is 31.2. The lowest BCUT2D eigenvalue weighted by atomic mass is 9.99. The number of aliphatic hydroxyl groups is 1. The molecule has 0 fully saturated rings. The number of esters is 4. The first-order valence-corrected chi connectivity index (χ1v) is 39.5. The van der Waals surface area contributed by atoms with Crippen molar-refractivity contribution in [2.24, 2.45) is 11.8 Å². The Morgan fingerprint density at radius 3 is 0.854 bits per heavy atom. The first-order chi connectivity index (χ1) is 42.9. The molecule has 528 valence electrons. The van der Waals surface area contributed by atoms with Crippen LogP contribution in [0.2, 0.25) is 0 Å². The van der Waals surface area contributed by atoms with E-state index in [-0.39, 0.29) is 25.7 Å². The van der Waals surface area contributed by atoms with E-state index in [4.69, 9.17) is 37.0 Å². The predicted molar refractivity (Wildman–Crippen MR) is 358 cm³/mol. The van der Waals surface area contributed by atoms with Gasteiger partial charge < -0.3 is 33.8 Å². The maximum absolute atomic E-state index is 13.0. The van der Waals surface area contributed by atoms with Gasteiger partial charge in [0.1, 0.15) is 19.3 Å². The molecule has 0 aliphatic rings. The van der Waals surface area contributed by atoms with Gasteiger partial charge in [-0.05, 0) is 37.5 Å². The number of ether oxygens (including phenoxy) is 4. The summed E-state index contributed by atoms with van der Waals surface area (Å²) in [5.74, 6) is -0.620. The van der Waals surface area contributed by atoms with E-state index in [0.717, 1.165) is 95.8 Å². The quantitative estimate of drug-likeness (QED) is 0.0222. The monoisotopic (exact) mass is 1310 g/mol. The fraction of sp³-hybridized carbons (Fsp3) is 0.943. The fourth-order valence-electron chi connectivity index (χ4n) is 10.6. The molecule has 0 aliphatic carbocycles. The molecule has 0 aromatic carbocycles. The van der Waals surface area contributed by atoms with Gasteiger partial charge in [0.15, 0.2) is 12.2 Å². The number of carbonyl (C=O) groups excluding carboxylic acids is 4. The number of unbranched alkanes of at least 4 members (excludes halogenated alkanes) is 38. The summed E-state index contributed by atoms with van der Waals surface area (Å²) in [5.41, 5.74) is 0. The number of carbonyl (C=O) groups is 4. The van der Waals surface area contributed by atoms with Crippen LogP contribution < -0.4 is 0 Å². The lowest BCUT2D eigenvalue weighted by Crippen LogP contribution is -2.30. The summed E-state index contributed by atoms with van der Waals surface area (Å²) < 4.78 is 68.3. The average molecular weight is 1310 g/mol. The molecule has 3 N–H and O–H groups in total. The Labute approximate surface area is 543 Å². The summed E-state index contributed by atoms with van der Waals surface area (Å²) >= 11 is 0. The highest BCUT2D eigenvalue weighted by Gasteiger charge is 2.30. The van der Waals surface area contributed by atoms with E-state index < -0.39 is 97.5 Å². The van der Waals surface area contributed by atoms with E-state index in [1.54, 1.807) is 0 Å². The van der Waals surface area contributed by atoms with Crippen molar-refractivity contribution in [3.63, 3.8) is 0 Å². The molecule has 6 atom stereocenters. The van der Waals surface area contributed by atoms with E-state index in [1.165, 1.54) is 173 Å². The zero-order valence-electron chi connectivity index (χ0n) is 57.7. The van der Waals surface area contributed by atoms with Crippen LogP contribution in [0.1, 0.15) is 356 Å². The van der Waals surface area contributed by atoms with Crippen molar-refractivity contribution in [3.05, 3.63) is 0 Å². The van der Waals surface area contributed by atoms with Crippen LogP contribution in [0.5, 0.6) is 0 Å². The molecule has 89 heavy (non-hydrogen) atoms. The van der Waals surface area contributed by atoms with Crippen LogP contribution in [-0.4, -0.2) is 96.7 Å². The van der Waals surface area contributed by atoms with Gasteiger partial charge in [-0.25, -0.2) is 9.13 Å². The van der Waals surface area contributed by atoms with Crippen molar-refractivity contribution < 1.29 is 80.2 Å². The standard InChI is InChI=1S/C70H136O17P2/c1-7-10-12-14-16-18-20-21-22-23-24-30-36-42-48-54-69(74)86-65(58-81-68(73)53-47-41-35-29-26-25-27-33-39-45-51-63(6)9-3)60-84-88(76,77)82-56-64(71)57-83-89(78,79)85-61-66(87-70(75)55-49-43-37-31-32-38-44-50-62(4)5)59-80-67(72)52-46-40-34-28-19-17-15-13-11-8-2/h62-66,71H,7-61H2,1-6H3,(H,76,77)(H,78,79)/t63?,64-,65-,66-/m1/s1. The van der Waals surface area contributed by atoms with Crippen LogP contribution in [-0.2, 0) is 65.4 Å². The third kappa shape index (κ3) is 63.2. The van der Waals surface area contributed by atoms with Crippen molar-refractivity contribution in [2.75, 3.05) is 39.6 Å². The molecule has 0 rings (SSSR count). The van der Waals surface area contributed by atoms with Crippen molar-refractivity contribution in [1.82, 2.24) is 0 Å².